The maximum absolute atomic E-state index is 12.7. The van der Waals surface area contributed by atoms with Crippen LogP contribution in [0.25, 0.3) is 0 Å². The second-order valence-electron chi connectivity index (χ2n) is 6.45. The number of aromatic amines is 1. The van der Waals surface area contributed by atoms with Gasteiger partial charge in [-0.2, -0.15) is 10.4 Å². The van der Waals surface area contributed by atoms with E-state index in [0.29, 0.717) is 18.5 Å². The van der Waals surface area contributed by atoms with Crippen LogP contribution in [-0.4, -0.2) is 31.9 Å². The lowest BCUT2D eigenvalue weighted by Gasteiger charge is -2.37. The number of aliphatic hydroxyl groups is 1. The van der Waals surface area contributed by atoms with Crippen LogP contribution >= 0.6 is 0 Å². The zero-order valence-corrected chi connectivity index (χ0v) is 14.0. The number of nitrogens with one attached hydrogen (secondary N) is 2. The predicted octanol–water partition coefficient (Wildman–Crippen LogP) is 0.530. The monoisotopic (exact) mass is 341 g/mol. The van der Waals surface area contributed by atoms with E-state index >= 15 is 0 Å². The summed E-state index contributed by atoms with van der Waals surface area (Å²) < 4.78 is 1.66. The van der Waals surface area contributed by atoms with Gasteiger partial charge in [0.1, 0.15) is 11.6 Å². The average molecular weight is 341 g/mol. The van der Waals surface area contributed by atoms with Gasteiger partial charge in [-0.1, -0.05) is 0 Å². The molecule has 0 aliphatic heterocycles. The zero-order chi connectivity index (χ0) is 18.1. The van der Waals surface area contributed by atoms with Crippen LogP contribution in [0.4, 0.5) is 0 Å². The normalized spacial score (nSPS) is 20.4. The van der Waals surface area contributed by atoms with E-state index in [1.54, 1.807) is 30.9 Å². The molecule has 8 heteroatoms. The van der Waals surface area contributed by atoms with Gasteiger partial charge in [-0.05, 0) is 31.7 Å². The van der Waals surface area contributed by atoms with Crippen molar-refractivity contribution in [3.8, 4) is 6.07 Å². The number of pyridine rings is 1. The van der Waals surface area contributed by atoms with Gasteiger partial charge in [0, 0.05) is 24.5 Å². The van der Waals surface area contributed by atoms with Crippen LogP contribution < -0.4 is 10.9 Å². The van der Waals surface area contributed by atoms with Crippen molar-refractivity contribution < 1.29 is 9.90 Å². The molecule has 2 aromatic rings. The minimum absolute atomic E-state index is 0.104. The molecule has 1 amide bonds. The number of carbonyl (C=O) groups is 1. The highest BCUT2D eigenvalue weighted by molar-refractivity contribution is 5.95. The molecule has 3 N–H and O–H groups in total. The summed E-state index contributed by atoms with van der Waals surface area (Å²) in [6, 6.07) is 2.80. The first-order valence-corrected chi connectivity index (χ1v) is 8.00. The molecular weight excluding hydrogens is 322 g/mol. The first-order valence-electron chi connectivity index (χ1n) is 8.00. The molecule has 0 saturated heterocycles. The summed E-state index contributed by atoms with van der Waals surface area (Å²) >= 11 is 0. The fraction of sp³-hybridized carbons (Fsp3) is 0.412. The van der Waals surface area contributed by atoms with Gasteiger partial charge < -0.3 is 15.4 Å². The van der Waals surface area contributed by atoms with Crippen LogP contribution in [0.5, 0.6) is 0 Å². The molecule has 2 aromatic heterocycles. The number of aryl methyl sites for hydroxylation is 2. The van der Waals surface area contributed by atoms with E-state index in [4.69, 9.17) is 5.26 Å². The Kier molecular flexibility index (Phi) is 4.42. The third-order valence-corrected chi connectivity index (χ3v) is 4.60. The Morgan fingerprint density at radius 3 is 2.84 bits per heavy atom. The van der Waals surface area contributed by atoms with Gasteiger partial charge in [-0.3, -0.25) is 14.3 Å². The second kappa shape index (κ2) is 6.53. The van der Waals surface area contributed by atoms with Crippen LogP contribution in [-0.2, 0) is 7.05 Å². The molecule has 25 heavy (non-hydrogen) atoms. The number of aromatic nitrogens is 3. The highest BCUT2D eigenvalue weighted by Gasteiger charge is 2.36. The summed E-state index contributed by atoms with van der Waals surface area (Å²) in [5.41, 5.74) is 0.899. The Hall–Kier alpha value is -2.92. The Balaban J connectivity index is 1.88. The standard InChI is InChI=1S/C17H19N5O3/c1-9-14(5-11(6-18)16(24)20-9)17(25)21-15(10-3-13(23)4-10)12-7-19-22(2)8-12/h5,7-8,10,13,15,23H,3-4H2,1-2H3,(H,20,24)(H,21,25)/t10?,13?,15-/m0/s1. The second-order valence-corrected chi connectivity index (χ2v) is 6.45. The van der Waals surface area contributed by atoms with Crippen LogP contribution in [0.1, 0.15) is 46.1 Å². The number of hydrogen-bond acceptors (Lipinski definition) is 5. The molecule has 8 nitrogen and oxygen atoms in total. The summed E-state index contributed by atoms with van der Waals surface area (Å²) in [5.74, 6) is -0.262. The minimum Gasteiger partial charge on any atom is -0.393 e. The van der Waals surface area contributed by atoms with Crippen molar-refractivity contribution in [2.75, 3.05) is 0 Å². The van der Waals surface area contributed by atoms with Crippen molar-refractivity contribution in [1.82, 2.24) is 20.1 Å². The lowest BCUT2D eigenvalue weighted by atomic mass is 9.75. The molecule has 1 saturated carbocycles. The van der Waals surface area contributed by atoms with E-state index in [1.165, 1.54) is 6.07 Å². The summed E-state index contributed by atoms with van der Waals surface area (Å²) in [4.78, 5) is 26.9. The first kappa shape index (κ1) is 16.9. The molecule has 130 valence electrons. The fourth-order valence-electron chi connectivity index (χ4n) is 3.14. The number of nitriles is 1. The van der Waals surface area contributed by atoms with Crippen molar-refractivity contribution in [2.24, 2.45) is 13.0 Å². The Morgan fingerprint density at radius 2 is 2.28 bits per heavy atom. The zero-order valence-electron chi connectivity index (χ0n) is 14.0. The first-order chi connectivity index (χ1) is 11.9. The fourth-order valence-corrected chi connectivity index (χ4v) is 3.14. The average Bonchev–Trinajstić information content (AvgIpc) is 2.96. The third-order valence-electron chi connectivity index (χ3n) is 4.60. The topological polar surface area (TPSA) is 124 Å². The predicted molar refractivity (Wildman–Crippen MR) is 88.7 cm³/mol. The molecule has 1 aliphatic carbocycles. The van der Waals surface area contributed by atoms with E-state index in [9.17, 15) is 14.7 Å². The van der Waals surface area contributed by atoms with Crippen LogP contribution in [0, 0.1) is 24.2 Å². The van der Waals surface area contributed by atoms with E-state index in [0.717, 1.165) is 5.56 Å². The molecule has 3 rings (SSSR count). The number of aliphatic hydroxyl groups excluding tert-OH is 1. The van der Waals surface area contributed by atoms with E-state index in [-0.39, 0.29) is 35.1 Å². The lowest BCUT2D eigenvalue weighted by molar-refractivity contribution is 0.0235. The molecule has 0 bridgehead atoms. The quantitative estimate of drug-likeness (QED) is 0.748. The van der Waals surface area contributed by atoms with Crippen molar-refractivity contribution >= 4 is 5.91 Å². The van der Waals surface area contributed by atoms with Gasteiger partial charge >= 0.3 is 0 Å². The molecule has 0 unspecified atom stereocenters. The van der Waals surface area contributed by atoms with Gasteiger partial charge in [-0.15, -0.1) is 0 Å². The largest absolute Gasteiger partial charge is 0.393 e. The number of carbonyl (C=O) groups excluding carboxylic acids is 1. The van der Waals surface area contributed by atoms with Gasteiger partial charge in [0.2, 0.25) is 0 Å². The van der Waals surface area contributed by atoms with E-state index in [2.05, 4.69) is 15.4 Å². The number of amides is 1. The molecule has 1 fully saturated rings. The highest BCUT2D eigenvalue weighted by Crippen LogP contribution is 2.38. The van der Waals surface area contributed by atoms with Gasteiger partial charge in [0.25, 0.3) is 11.5 Å². The lowest BCUT2D eigenvalue weighted by Crippen LogP contribution is -2.41. The molecule has 0 radical (unpaired) electrons. The van der Waals surface area contributed by atoms with Crippen LogP contribution in [0.15, 0.2) is 23.3 Å². The Morgan fingerprint density at radius 1 is 1.56 bits per heavy atom. The number of H-pyrrole nitrogens is 1. The molecule has 0 spiro atoms. The number of hydrogen-bond donors (Lipinski definition) is 3. The van der Waals surface area contributed by atoms with E-state index in [1.807, 2.05) is 6.20 Å². The molecule has 0 aromatic carbocycles. The molecule has 1 atom stereocenters. The highest BCUT2D eigenvalue weighted by atomic mass is 16.3. The minimum atomic E-state index is -0.512. The number of rotatable bonds is 4. The summed E-state index contributed by atoms with van der Waals surface area (Å²) in [6.07, 6.45) is 4.38. The maximum atomic E-state index is 12.7. The Labute approximate surface area is 144 Å². The van der Waals surface area contributed by atoms with Crippen molar-refractivity contribution in [1.29, 1.82) is 5.26 Å². The van der Waals surface area contributed by atoms with Gasteiger partial charge in [0.15, 0.2) is 0 Å². The summed E-state index contributed by atoms with van der Waals surface area (Å²) in [7, 11) is 1.79. The SMILES string of the molecule is Cc1[nH]c(=O)c(C#N)cc1C(=O)N[C@H](c1cnn(C)c1)C1CC(O)C1. The van der Waals surface area contributed by atoms with E-state index < -0.39 is 5.56 Å². The molecule has 2 heterocycles. The van der Waals surface area contributed by atoms with Crippen LogP contribution in [0.2, 0.25) is 0 Å². The smallest absolute Gasteiger partial charge is 0.266 e. The summed E-state index contributed by atoms with van der Waals surface area (Å²) in [6.45, 7) is 1.61. The third kappa shape index (κ3) is 3.32. The molecular formula is C17H19N5O3. The van der Waals surface area contributed by atoms with Crippen molar-refractivity contribution in [3.05, 3.63) is 51.2 Å². The molecule has 1 aliphatic rings. The maximum Gasteiger partial charge on any atom is 0.266 e. The summed E-state index contributed by atoms with van der Waals surface area (Å²) in [5, 5.41) is 25.7. The van der Waals surface area contributed by atoms with Crippen LogP contribution in [0.3, 0.4) is 0 Å². The van der Waals surface area contributed by atoms with Crippen molar-refractivity contribution in [2.45, 2.75) is 31.9 Å². The Bertz CT molecular complexity index is 902. The van der Waals surface area contributed by atoms with Gasteiger partial charge in [-0.25, -0.2) is 0 Å². The van der Waals surface area contributed by atoms with Gasteiger partial charge in [0.05, 0.1) is 23.9 Å². The van der Waals surface area contributed by atoms with Crippen molar-refractivity contribution in [3.63, 3.8) is 0 Å². The number of nitrogens with zero attached hydrogens (tertiary/aromatic N) is 3.